The molecule has 0 spiro atoms. The largest absolute Gasteiger partial charge is 0.465 e. The normalized spacial score (nSPS) is 9.89. The van der Waals surface area contributed by atoms with Crippen molar-refractivity contribution in [2.75, 3.05) is 18.5 Å². The van der Waals surface area contributed by atoms with Crippen LogP contribution in [-0.4, -0.2) is 25.2 Å². The SMILES string of the molecule is CCOC(=O)CNC(=O)Nc1c(F)ccc(C)c1F. The van der Waals surface area contributed by atoms with Gasteiger partial charge in [-0.25, -0.2) is 13.6 Å². The predicted molar refractivity (Wildman–Crippen MR) is 64.7 cm³/mol. The highest BCUT2D eigenvalue weighted by Crippen LogP contribution is 2.21. The Morgan fingerprint density at radius 3 is 2.63 bits per heavy atom. The number of esters is 1. The van der Waals surface area contributed by atoms with Gasteiger partial charge in [0.2, 0.25) is 0 Å². The smallest absolute Gasteiger partial charge is 0.325 e. The van der Waals surface area contributed by atoms with E-state index in [1.54, 1.807) is 6.92 Å². The molecule has 0 saturated carbocycles. The van der Waals surface area contributed by atoms with Crippen molar-refractivity contribution in [3.8, 4) is 0 Å². The molecule has 0 fully saturated rings. The Hall–Kier alpha value is -2.18. The number of rotatable bonds is 4. The highest BCUT2D eigenvalue weighted by molar-refractivity contribution is 5.91. The van der Waals surface area contributed by atoms with E-state index in [1.807, 2.05) is 5.32 Å². The molecule has 0 bridgehead atoms. The van der Waals surface area contributed by atoms with Crippen LogP contribution in [0.2, 0.25) is 0 Å². The predicted octanol–water partition coefficient (Wildman–Crippen LogP) is 1.96. The summed E-state index contributed by atoms with van der Waals surface area (Å²) in [5, 5.41) is 4.14. The first-order valence-electron chi connectivity index (χ1n) is 5.60. The summed E-state index contributed by atoms with van der Waals surface area (Å²) < 4.78 is 31.5. The van der Waals surface area contributed by atoms with Gasteiger partial charge < -0.3 is 15.4 Å². The quantitative estimate of drug-likeness (QED) is 0.823. The van der Waals surface area contributed by atoms with E-state index >= 15 is 0 Å². The van der Waals surface area contributed by atoms with E-state index in [0.29, 0.717) is 0 Å². The van der Waals surface area contributed by atoms with Crippen molar-refractivity contribution in [1.29, 1.82) is 0 Å². The Labute approximate surface area is 108 Å². The van der Waals surface area contributed by atoms with Crippen molar-refractivity contribution >= 4 is 17.7 Å². The number of amides is 2. The molecule has 0 aliphatic heterocycles. The van der Waals surface area contributed by atoms with Crippen LogP contribution in [0.4, 0.5) is 19.3 Å². The van der Waals surface area contributed by atoms with Gasteiger partial charge in [-0.3, -0.25) is 4.79 Å². The van der Waals surface area contributed by atoms with Crippen molar-refractivity contribution in [2.45, 2.75) is 13.8 Å². The first-order chi connectivity index (χ1) is 8.95. The monoisotopic (exact) mass is 272 g/mol. The lowest BCUT2D eigenvalue weighted by Gasteiger charge is -2.10. The van der Waals surface area contributed by atoms with Crippen LogP contribution in [0.15, 0.2) is 12.1 Å². The number of hydrogen-bond acceptors (Lipinski definition) is 3. The lowest BCUT2D eigenvalue weighted by Crippen LogP contribution is -2.34. The van der Waals surface area contributed by atoms with Gasteiger partial charge in [-0.15, -0.1) is 0 Å². The zero-order valence-corrected chi connectivity index (χ0v) is 10.5. The maximum Gasteiger partial charge on any atom is 0.325 e. The maximum absolute atomic E-state index is 13.6. The lowest BCUT2D eigenvalue weighted by atomic mass is 10.2. The zero-order chi connectivity index (χ0) is 14.4. The van der Waals surface area contributed by atoms with Gasteiger partial charge in [0.05, 0.1) is 6.61 Å². The molecular weight excluding hydrogens is 258 g/mol. The van der Waals surface area contributed by atoms with E-state index in [1.165, 1.54) is 13.0 Å². The Kier molecular flexibility index (Phi) is 5.23. The molecule has 2 N–H and O–H groups in total. The molecule has 0 atom stereocenters. The van der Waals surface area contributed by atoms with E-state index in [2.05, 4.69) is 10.1 Å². The second kappa shape index (κ2) is 6.67. The minimum atomic E-state index is -0.894. The summed E-state index contributed by atoms with van der Waals surface area (Å²) in [4.78, 5) is 22.3. The fraction of sp³-hybridized carbons (Fsp3) is 0.333. The first-order valence-corrected chi connectivity index (χ1v) is 5.60. The number of aryl methyl sites for hydroxylation is 1. The first kappa shape index (κ1) is 14.9. The summed E-state index contributed by atoms with van der Waals surface area (Å²) in [5.74, 6) is -2.39. The summed E-state index contributed by atoms with van der Waals surface area (Å²) in [6, 6.07) is 1.41. The van der Waals surface area contributed by atoms with Crippen LogP contribution in [0.3, 0.4) is 0 Å². The van der Waals surface area contributed by atoms with Gasteiger partial charge in [0.25, 0.3) is 0 Å². The summed E-state index contributed by atoms with van der Waals surface area (Å²) >= 11 is 0. The molecule has 0 radical (unpaired) electrons. The van der Waals surface area contributed by atoms with E-state index in [-0.39, 0.29) is 18.7 Å². The molecule has 19 heavy (non-hydrogen) atoms. The third-order valence-corrected chi connectivity index (χ3v) is 2.22. The van der Waals surface area contributed by atoms with Crippen LogP contribution in [-0.2, 0) is 9.53 Å². The number of carbonyl (C=O) groups is 2. The number of benzene rings is 1. The minimum absolute atomic E-state index is 0.184. The maximum atomic E-state index is 13.6. The van der Waals surface area contributed by atoms with Crippen molar-refractivity contribution in [3.05, 3.63) is 29.3 Å². The summed E-state index contributed by atoms with van der Waals surface area (Å²) in [7, 11) is 0. The number of nitrogens with one attached hydrogen (secondary N) is 2. The molecular formula is C12H14F2N2O3. The fourth-order valence-electron chi connectivity index (χ4n) is 1.29. The standard InChI is InChI=1S/C12H14F2N2O3/c1-3-19-9(17)6-15-12(18)16-11-8(13)5-4-7(2)10(11)14/h4-5H,3,6H2,1-2H3,(H2,15,16,18). The highest BCUT2D eigenvalue weighted by atomic mass is 19.1. The van der Waals surface area contributed by atoms with E-state index < -0.39 is 29.3 Å². The van der Waals surface area contributed by atoms with Gasteiger partial charge >= 0.3 is 12.0 Å². The molecule has 0 saturated heterocycles. The second-order valence-corrected chi connectivity index (χ2v) is 3.67. The van der Waals surface area contributed by atoms with Gasteiger partial charge in [-0.05, 0) is 25.5 Å². The molecule has 0 aliphatic rings. The fourth-order valence-corrected chi connectivity index (χ4v) is 1.29. The van der Waals surface area contributed by atoms with E-state index in [4.69, 9.17) is 0 Å². The van der Waals surface area contributed by atoms with Crippen LogP contribution in [0, 0.1) is 18.6 Å². The van der Waals surface area contributed by atoms with Crippen molar-refractivity contribution in [3.63, 3.8) is 0 Å². The number of ether oxygens (including phenoxy) is 1. The molecule has 2 amide bonds. The number of hydrogen-bond donors (Lipinski definition) is 2. The molecule has 1 rings (SSSR count). The average Bonchev–Trinajstić information content (AvgIpc) is 2.37. The van der Waals surface area contributed by atoms with Crippen LogP contribution in [0.1, 0.15) is 12.5 Å². The number of halogens is 2. The second-order valence-electron chi connectivity index (χ2n) is 3.67. The zero-order valence-electron chi connectivity index (χ0n) is 10.5. The van der Waals surface area contributed by atoms with Gasteiger partial charge in [-0.2, -0.15) is 0 Å². The van der Waals surface area contributed by atoms with Crippen molar-refractivity contribution in [1.82, 2.24) is 5.32 Å². The Morgan fingerprint density at radius 1 is 1.32 bits per heavy atom. The van der Waals surface area contributed by atoms with Crippen LogP contribution < -0.4 is 10.6 Å². The average molecular weight is 272 g/mol. The topological polar surface area (TPSA) is 67.4 Å². The Bertz CT molecular complexity index is 492. The van der Waals surface area contributed by atoms with Crippen molar-refractivity contribution in [2.24, 2.45) is 0 Å². The summed E-state index contributed by atoms with van der Waals surface area (Å²) in [6.07, 6.45) is 0. The molecule has 104 valence electrons. The number of urea groups is 1. The summed E-state index contributed by atoms with van der Waals surface area (Å²) in [5.41, 5.74) is -0.358. The van der Waals surface area contributed by atoms with Gasteiger partial charge in [-0.1, -0.05) is 6.07 Å². The van der Waals surface area contributed by atoms with Crippen LogP contribution in [0.25, 0.3) is 0 Å². The highest BCUT2D eigenvalue weighted by Gasteiger charge is 2.14. The number of carbonyl (C=O) groups excluding carboxylic acids is 2. The van der Waals surface area contributed by atoms with E-state index in [0.717, 1.165) is 6.07 Å². The molecule has 0 aliphatic carbocycles. The molecule has 0 aromatic heterocycles. The summed E-state index contributed by atoms with van der Waals surface area (Å²) in [6.45, 7) is 2.87. The molecule has 1 aromatic carbocycles. The minimum Gasteiger partial charge on any atom is -0.465 e. The van der Waals surface area contributed by atoms with Gasteiger partial charge in [0.15, 0.2) is 5.82 Å². The molecule has 0 heterocycles. The Morgan fingerprint density at radius 2 is 2.00 bits per heavy atom. The molecule has 5 nitrogen and oxygen atoms in total. The lowest BCUT2D eigenvalue weighted by molar-refractivity contribution is -0.141. The molecule has 1 aromatic rings. The van der Waals surface area contributed by atoms with Crippen LogP contribution >= 0.6 is 0 Å². The van der Waals surface area contributed by atoms with E-state index in [9.17, 15) is 18.4 Å². The Balaban J connectivity index is 2.63. The van der Waals surface area contributed by atoms with Gasteiger partial charge in [0, 0.05) is 0 Å². The molecule has 0 unspecified atom stereocenters. The van der Waals surface area contributed by atoms with Crippen molar-refractivity contribution < 1.29 is 23.1 Å². The number of anilines is 1. The van der Waals surface area contributed by atoms with Gasteiger partial charge in [0.1, 0.15) is 18.0 Å². The van der Waals surface area contributed by atoms with Crippen LogP contribution in [0.5, 0.6) is 0 Å². The molecule has 7 heteroatoms. The third kappa shape index (κ3) is 4.20. The third-order valence-electron chi connectivity index (χ3n) is 2.22.